The van der Waals surface area contributed by atoms with Gasteiger partial charge < -0.3 is 10.1 Å². The first kappa shape index (κ1) is 21.2. The van der Waals surface area contributed by atoms with Crippen molar-refractivity contribution in [1.82, 2.24) is 10.3 Å². The van der Waals surface area contributed by atoms with Gasteiger partial charge in [0, 0.05) is 0 Å². The van der Waals surface area contributed by atoms with E-state index in [0.29, 0.717) is 10.9 Å². The number of benzene rings is 2. The Morgan fingerprint density at radius 1 is 1.17 bits per heavy atom. The zero-order valence-electron chi connectivity index (χ0n) is 16.9. The van der Waals surface area contributed by atoms with Crippen molar-refractivity contribution in [2.75, 3.05) is 11.9 Å². The number of thiocarbonyl (C=S) groups is 1. The average Bonchev–Trinajstić information content (AvgIpc) is 3.08. The highest BCUT2D eigenvalue weighted by Crippen LogP contribution is 2.27. The molecule has 1 heterocycles. The molecule has 0 spiro atoms. The standard InChI is InChI=1S/C22H25N3O2S2/c1-4-5-6-16-8-10-18-19(12-16)29-22(23-18)25-21(28)24-20(26)13-27-17-9-7-14(2)15(3)11-17/h7-12H,4-6,13H2,1-3H3,(H2,23,24,25,26,28). The number of amides is 1. The highest BCUT2D eigenvalue weighted by molar-refractivity contribution is 7.80. The van der Waals surface area contributed by atoms with Crippen LogP contribution in [-0.4, -0.2) is 22.6 Å². The molecule has 0 bridgehead atoms. The van der Waals surface area contributed by atoms with Gasteiger partial charge in [-0.3, -0.25) is 10.1 Å². The van der Waals surface area contributed by atoms with Crippen LogP contribution in [-0.2, 0) is 11.2 Å². The van der Waals surface area contributed by atoms with Crippen LogP contribution in [0.2, 0.25) is 0 Å². The third-order valence-electron chi connectivity index (χ3n) is 4.59. The molecule has 2 N–H and O–H groups in total. The first-order valence-corrected chi connectivity index (χ1v) is 10.9. The number of carbonyl (C=O) groups is 1. The molecular formula is C22H25N3O2S2. The van der Waals surface area contributed by atoms with Crippen LogP contribution in [0.5, 0.6) is 5.75 Å². The molecule has 0 saturated heterocycles. The summed E-state index contributed by atoms with van der Waals surface area (Å²) < 4.78 is 6.64. The lowest BCUT2D eigenvalue weighted by Crippen LogP contribution is -2.37. The molecule has 0 aliphatic carbocycles. The van der Waals surface area contributed by atoms with Crippen LogP contribution >= 0.6 is 23.6 Å². The van der Waals surface area contributed by atoms with Crippen molar-refractivity contribution in [3.8, 4) is 5.75 Å². The van der Waals surface area contributed by atoms with Crippen molar-refractivity contribution >= 4 is 49.9 Å². The second-order valence-corrected chi connectivity index (χ2v) is 8.40. The van der Waals surface area contributed by atoms with Gasteiger partial charge in [0.05, 0.1) is 10.2 Å². The molecule has 0 unspecified atom stereocenters. The van der Waals surface area contributed by atoms with Crippen molar-refractivity contribution < 1.29 is 9.53 Å². The molecule has 0 fully saturated rings. The van der Waals surface area contributed by atoms with E-state index in [1.54, 1.807) is 0 Å². The number of unbranched alkanes of at least 4 members (excludes halogenated alkanes) is 1. The number of aromatic nitrogens is 1. The Balaban J connectivity index is 1.52. The van der Waals surface area contributed by atoms with Gasteiger partial charge in [0.2, 0.25) is 0 Å². The minimum atomic E-state index is -0.316. The summed E-state index contributed by atoms with van der Waals surface area (Å²) in [6.07, 6.45) is 3.42. The molecule has 0 aliphatic heterocycles. The van der Waals surface area contributed by atoms with Gasteiger partial charge >= 0.3 is 0 Å². The SMILES string of the molecule is CCCCc1ccc2nc(NC(=S)NC(=O)COc3ccc(C)c(C)c3)sc2c1. The summed E-state index contributed by atoms with van der Waals surface area (Å²) in [4.78, 5) is 16.6. The highest BCUT2D eigenvalue weighted by atomic mass is 32.1. The van der Waals surface area contributed by atoms with E-state index < -0.39 is 0 Å². The van der Waals surface area contributed by atoms with E-state index in [1.165, 1.54) is 35.3 Å². The first-order valence-electron chi connectivity index (χ1n) is 9.65. The summed E-state index contributed by atoms with van der Waals surface area (Å²) in [5.41, 5.74) is 4.54. The molecule has 0 radical (unpaired) electrons. The largest absolute Gasteiger partial charge is 0.484 e. The molecule has 0 atom stereocenters. The van der Waals surface area contributed by atoms with E-state index in [9.17, 15) is 4.79 Å². The number of ether oxygens (including phenoxy) is 1. The Hall–Kier alpha value is -2.51. The summed E-state index contributed by atoms with van der Waals surface area (Å²) in [7, 11) is 0. The van der Waals surface area contributed by atoms with Gasteiger partial charge in [-0.15, -0.1) is 0 Å². The summed E-state index contributed by atoms with van der Waals surface area (Å²) in [6.45, 7) is 6.12. The maximum Gasteiger partial charge on any atom is 0.264 e. The van der Waals surface area contributed by atoms with Gasteiger partial charge in [-0.25, -0.2) is 4.98 Å². The molecule has 7 heteroatoms. The number of fused-ring (bicyclic) bond motifs is 1. The van der Waals surface area contributed by atoms with Crippen LogP contribution < -0.4 is 15.4 Å². The smallest absolute Gasteiger partial charge is 0.264 e. The van der Waals surface area contributed by atoms with Crippen molar-refractivity contribution in [2.24, 2.45) is 0 Å². The number of rotatable bonds is 7. The predicted octanol–water partition coefficient (Wildman–Crippen LogP) is 5.15. The minimum Gasteiger partial charge on any atom is -0.484 e. The van der Waals surface area contributed by atoms with Crippen LogP contribution in [0, 0.1) is 13.8 Å². The van der Waals surface area contributed by atoms with Gasteiger partial charge in [0.25, 0.3) is 5.91 Å². The van der Waals surface area contributed by atoms with Gasteiger partial charge in [-0.2, -0.15) is 0 Å². The van der Waals surface area contributed by atoms with E-state index in [0.717, 1.165) is 22.2 Å². The Morgan fingerprint density at radius 2 is 2.00 bits per heavy atom. The molecule has 1 aromatic heterocycles. The van der Waals surface area contributed by atoms with E-state index in [2.05, 4.69) is 34.7 Å². The topological polar surface area (TPSA) is 63.2 Å². The number of carbonyl (C=O) groups excluding carboxylic acids is 1. The number of nitrogens with zero attached hydrogens (tertiary/aromatic N) is 1. The molecule has 152 valence electrons. The molecule has 1 amide bonds. The van der Waals surface area contributed by atoms with Crippen LogP contribution in [0.15, 0.2) is 36.4 Å². The molecule has 3 aromatic rings. The van der Waals surface area contributed by atoms with E-state index in [-0.39, 0.29) is 17.6 Å². The summed E-state index contributed by atoms with van der Waals surface area (Å²) in [5.74, 6) is 0.343. The highest BCUT2D eigenvalue weighted by Gasteiger charge is 2.10. The summed E-state index contributed by atoms with van der Waals surface area (Å²) >= 11 is 6.76. The third-order valence-corrected chi connectivity index (χ3v) is 5.73. The maximum absolute atomic E-state index is 12.1. The minimum absolute atomic E-state index is 0.106. The van der Waals surface area contributed by atoms with Crippen LogP contribution in [0.1, 0.15) is 36.5 Å². The molecule has 5 nitrogen and oxygen atoms in total. The van der Waals surface area contributed by atoms with Crippen LogP contribution in [0.4, 0.5) is 5.13 Å². The molecule has 29 heavy (non-hydrogen) atoms. The summed E-state index contributed by atoms with van der Waals surface area (Å²) in [5, 5.41) is 6.49. The van der Waals surface area contributed by atoms with Gasteiger partial charge in [-0.1, -0.05) is 36.8 Å². The second-order valence-electron chi connectivity index (χ2n) is 6.96. The fraction of sp³-hybridized carbons (Fsp3) is 0.318. The molecule has 0 aliphatic rings. The maximum atomic E-state index is 12.1. The Morgan fingerprint density at radius 3 is 2.76 bits per heavy atom. The van der Waals surface area contributed by atoms with Gasteiger partial charge in [-0.05, 0) is 79.9 Å². The lowest BCUT2D eigenvalue weighted by molar-refractivity contribution is -0.121. The number of hydrogen-bond acceptors (Lipinski definition) is 5. The first-order chi connectivity index (χ1) is 13.9. The van der Waals surface area contributed by atoms with Crippen LogP contribution in [0.25, 0.3) is 10.2 Å². The number of hydrogen-bond donors (Lipinski definition) is 2. The zero-order chi connectivity index (χ0) is 20.8. The molecular weight excluding hydrogens is 402 g/mol. The predicted molar refractivity (Wildman–Crippen MR) is 124 cm³/mol. The lowest BCUT2D eigenvalue weighted by atomic mass is 10.1. The molecule has 3 rings (SSSR count). The fourth-order valence-electron chi connectivity index (χ4n) is 2.80. The Labute approximate surface area is 180 Å². The molecule has 2 aromatic carbocycles. The van der Waals surface area contributed by atoms with Crippen molar-refractivity contribution in [2.45, 2.75) is 40.0 Å². The summed E-state index contributed by atoms with van der Waals surface area (Å²) in [6, 6.07) is 12.0. The van der Waals surface area contributed by atoms with Crippen LogP contribution in [0.3, 0.4) is 0 Å². The Bertz CT molecular complexity index is 1030. The number of anilines is 1. The monoisotopic (exact) mass is 427 g/mol. The van der Waals surface area contributed by atoms with E-state index in [1.807, 2.05) is 38.1 Å². The number of nitrogens with one attached hydrogen (secondary N) is 2. The number of aryl methyl sites for hydroxylation is 3. The molecule has 0 saturated carbocycles. The Kier molecular flexibility index (Phi) is 7.17. The van der Waals surface area contributed by atoms with E-state index >= 15 is 0 Å². The van der Waals surface area contributed by atoms with E-state index in [4.69, 9.17) is 17.0 Å². The van der Waals surface area contributed by atoms with Crippen molar-refractivity contribution in [3.05, 3.63) is 53.1 Å². The zero-order valence-corrected chi connectivity index (χ0v) is 18.5. The number of thiazole rings is 1. The quantitative estimate of drug-likeness (QED) is 0.511. The van der Waals surface area contributed by atoms with Gasteiger partial charge in [0.15, 0.2) is 16.9 Å². The normalized spacial score (nSPS) is 10.7. The average molecular weight is 428 g/mol. The second kappa shape index (κ2) is 9.80. The third kappa shape index (κ3) is 5.98. The fourth-order valence-corrected chi connectivity index (χ4v) is 4.01. The van der Waals surface area contributed by atoms with Crippen molar-refractivity contribution in [3.63, 3.8) is 0 Å². The van der Waals surface area contributed by atoms with Gasteiger partial charge in [0.1, 0.15) is 5.75 Å². The van der Waals surface area contributed by atoms with Crippen molar-refractivity contribution in [1.29, 1.82) is 0 Å². The lowest BCUT2D eigenvalue weighted by Gasteiger charge is -2.09.